The Kier molecular flexibility index (Phi) is 1.41. The summed E-state index contributed by atoms with van der Waals surface area (Å²) < 4.78 is 0. The summed E-state index contributed by atoms with van der Waals surface area (Å²) in [6, 6.07) is -0.568. The maximum absolute atomic E-state index is 10.9. The highest BCUT2D eigenvalue weighted by Crippen LogP contribution is 2.17. The van der Waals surface area contributed by atoms with Gasteiger partial charge < -0.3 is 0 Å². The maximum atomic E-state index is 10.9. The van der Waals surface area contributed by atoms with Gasteiger partial charge in [-0.2, -0.15) is 0 Å². The van der Waals surface area contributed by atoms with Gasteiger partial charge in [0.05, 0.1) is 6.54 Å². The van der Waals surface area contributed by atoms with Crippen molar-refractivity contribution in [2.45, 2.75) is 6.54 Å². The number of fused-ring (bicyclic) bond motifs is 1. The SMILES string of the molecule is O=C1Nc2ncncc2CN1O. The van der Waals surface area contributed by atoms with Gasteiger partial charge in [0.2, 0.25) is 0 Å². The van der Waals surface area contributed by atoms with Crippen LogP contribution >= 0.6 is 0 Å². The molecule has 0 radical (unpaired) electrons. The Labute approximate surface area is 67.8 Å². The normalized spacial score (nSPS) is 15.4. The molecule has 0 saturated carbocycles. The molecule has 1 aromatic rings. The number of amides is 2. The van der Waals surface area contributed by atoms with Crippen molar-refractivity contribution in [3.05, 3.63) is 18.1 Å². The Bertz CT molecular complexity index is 327. The van der Waals surface area contributed by atoms with E-state index in [4.69, 9.17) is 5.21 Å². The summed E-state index contributed by atoms with van der Waals surface area (Å²) in [5, 5.41) is 12.0. The zero-order valence-electron chi connectivity index (χ0n) is 6.06. The molecule has 2 rings (SSSR count). The van der Waals surface area contributed by atoms with E-state index in [0.717, 1.165) is 0 Å². The van der Waals surface area contributed by atoms with Crippen LogP contribution in [0.3, 0.4) is 0 Å². The van der Waals surface area contributed by atoms with Gasteiger partial charge in [-0.3, -0.25) is 10.5 Å². The number of hydrogen-bond acceptors (Lipinski definition) is 4. The lowest BCUT2D eigenvalue weighted by Crippen LogP contribution is -2.36. The Morgan fingerprint density at radius 1 is 1.67 bits per heavy atom. The van der Waals surface area contributed by atoms with Crippen LogP contribution in [0.25, 0.3) is 0 Å². The standard InChI is InChI=1S/C6H6N4O2/c11-6-9-5-4(2-10(6)12)1-7-3-8-5/h1,3,12H,2H2,(H,7,8,9,11). The molecule has 1 aliphatic heterocycles. The topological polar surface area (TPSA) is 78.4 Å². The highest BCUT2D eigenvalue weighted by Gasteiger charge is 2.21. The van der Waals surface area contributed by atoms with Crippen molar-refractivity contribution in [1.29, 1.82) is 0 Å². The lowest BCUT2D eigenvalue weighted by atomic mass is 10.3. The van der Waals surface area contributed by atoms with E-state index in [1.54, 1.807) is 6.20 Å². The van der Waals surface area contributed by atoms with Crippen LogP contribution in [0.15, 0.2) is 12.5 Å². The van der Waals surface area contributed by atoms with Crippen LogP contribution in [0, 0.1) is 0 Å². The van der Waals surface area contributed by atoms with Crippen molar-refractivity contribution in [2.24, 2.45) is 0 Å². The van der Waals surface area contributed by atoms with Gasteiger partial charge in [0.1, 0.15) is 12.1 Å². The first-order chi connectivity index (χ1) is 5.77. The quantitative estimate of drug-likeness (QED) is 0.540. The lowest BCUT2D eigenvalue weighted by molar-refractivity contribution is -0.0471. The number of nitrogens with zero attached hydrogens (tertiary/aromatic N) is 3. The number of anilines is 1. The van der Waals surface area contributed by atoms with Gasteiger partial charge >= 0.3 is 6.03 Å². The molecule has 2 heterocycles. The smallest absolute Gasteiger partial charge is 0.290 e. The molecule has 0 atom stereocenters. The molecule has 6 heteroatoms. The number of carbonyl (C=O) groups is 1. The van der Waals surface area contributed by atoms with Crippen molar-refractivity contribution >= 4 is 11.8 Å². The molecule has 6 nitrogen and oxygen atoms in total. The largest absolute Gasteiger partial charge is 0.347 e. The molecule has 12 heavy (non-hydrogen) atoms. The summed E-state index contributed by atoms with van der Waals surface area (Å²) in [6.45, 7) is 0.127. The highest BCUT2D eigenvalue weighted by atomic mass is 16.5. The van der Waals surface area contributed by atoms with E-state index < -0.39 is 6.03 Å². The predicted octanol–water partition coefficient (Wildman–Crippen LogP) is 0.213. The van der Waals surface area contributed by atoms with E-state index in [1.807, 2.05) is 0 Å². The fourth-order valence-electron chi connectivity index (χ4n) is 0.986. The number of hydroxylamine groups is 2. The Morgan fingerprint density at radius 2 is 2.50 bits per heavy atom. The zero-order chi connectivity index (χ0) is 8.55. The summed E-state index contributed by atoms with van der Waals surface area (Å²) in [7, 11) is 0. The van der Waals surface area contributed by atoms with Gasteiger partial charge in [0, 0.05) is 11.8 Å². The number of hydrogen-bond donors (Lipinski definition) is 2. The zero-order valence-corrected chi connectivity index (χ0v) is 6.06. The van der Waals surface area contributed by atoms with Crippen LogP contribution < -0.4 is 5.32 Å². The predicted molar refractivity (Wildman–Crippen MR) is 38.4 cm³/mol. The van der Waals surface area contributed by atoms with Gasteiger partial charge in [-0.15, -0.1) is 0 Å². The molecule has 2 N–H and O–H groups in total. The number of urea groups is 1. The summed E-state index contributed by atoms with van der Waals surface area (Å²) in [5.41, 5.74) is 0.694. The van der Waals surface area contributed by atoms with Crippen LogP contribution in [0.1, 0.15) is 5.56 Å². The number of aromatic nitrogens is 2. The Balaban J connectivity index is 2.40. The monoisotopic (exact) mass is 166 g/mol. The van der Waals surface area contributed by atoms with Crippen LogP contribution in [-0.4, -0.2) is 26.3 Å². The van der Waals surface area contributed by atoms with Gasteiger partial charge in [-0.25, -0.2) is 19.8 Å². The van der Waals surface area contributed by atoms with Gasteiger partial charge in [0.15, 0.2) is 0 Å². The van der Waals surface area contributed by atoms with E-state index in [2.05, 4.69) is 15.3 Å². The molecule has 0 aromatic carbocycles. The second-order valence-corrected chi connectivity index (χ2v) is 2.38. The minimum atomic E-state index is -0.568. The molecular weight excluding hydrogens is 160 g/mol. The Morgan fingerprint density at radius 3 is 3.33 bits per heavy atom. The molecule has 0 spiro atoms. The minimum Gasteiger partial charge on any atom is -0.290 e. The Hall–Kier alpha value is -1.69. The lowest BCUT2D eigenvalue weighted by Gasteiger charge is -2.21. The summed E-state index contributed by atoms with van der Waals surface area (Å²) in [5.74, 6) is 0.459. The number of nitrogens with one attached hydrogen (secondary N) is 1. The van der Waals surface area contributed by atoms with Gasteiger partial charge in [0.25, 0.3) is 0 Å². The molecule has 1 aliphatic rings. The fourth-order valence-corrected chi connectivity index (χ4v) is 0.986. The maximum Gasteiger partial charge on any atom is 0.347 e. The molecule has 62 valence electrons. The average Bonchev–Trinajstić information content (AvgIpc) is 2.07. The number of rotatable bonds is 0. The van der Waals surface area contributed by atoms with Crippen LogP contribution in [0.2, 0.25) is 0 Å². The minimum absolute atomic E-state index is 0.127. The van der Waals surface area contributed by atoms with E-state index in [9.17, 15) is 4.79 Å². The summed E-state index contributed by atoms with van der Waals surface area (Å²) in [4.78, 5) is 18.4. The first-order valence-corrected chi connectivity index (χ1v) is 3.33. The third kappa shape index (κ3) is 0.978. The van der Waals surface area contributed by atoms with Crippen molar-refractivity contribution in [3.63, 3.8) is 0 Å². The fraction of sp³-hybridized carbons (Fsp3) is 0.167. The van der Waals surface area contributed by atoms with Crippen molar-refractivity contribution in [2.75, 3.05) is 5.32 Å². The van der Waals surface area contributed by atoms with Crippen molar-refractivity contribution in [3.8, 4) is 0 Å². The number of carbonyl (C=O) groups excluding carboxylic acids is 1. The van der Waals surface area contributed by atoms with E-state index in [-0.39, 0.29) is 6.54 Å². The molecule has 0 aliphatic carbocycles. The van der Waals surface area contributed by atoms with Gasteiger partial charge in [-0.05, 0) is 0 Å². The molecular formula is C6H6N4O2. The van der Waals surface area contributed by atoms with Crippen molar-refractivity contribution in [1.82, 2.24) is 15.0 Å². The third-order valence-corrected chi connectivity index (χ3v) is 1.57. The first kappa shape index (κ1) is 6.99. The first-order valence-electron chi connectivity index (χ1n) is 3.33. The van der Waals surface area contributed by atoms with E-state index in [1.165, 1.54) is 6.33 Å². The highest BCUT2D eigenvalue weighted by molar-refractivity contribution is 5.89. The van der Waals surface area contributed by atoms with Gasteiger partial charge in [-0.1, -0.05) is 0 Å². The molecule has 0 saturated heterocycles. The second-order valence-electron chi connectivity index (χ2n) is 2.38. The second kappa shape index (κ2) is 2.42. The summed E-state index contributed by atoms with van der Waals surface area (Å²) >= 11 is 0. The molecule has 0 unspecified atom stereocenters. The van der Waals surface area contributed by atoms with Crippen LogP contribution in [0.5, 0.6) is 0 Å². The van der Waals surface area contributed by atoms with E-state index in [0.29, 0.717) is 16.4 Å². The van der Waals surface area contributed by atoms with E-state index >= 15 is 0 Å². The van der Waals surface area contributed by atoms with Crippen molar-refractivity contribution < 1.29 is 10.0 Å². The van der Waals surface area contributed by atoms with Crippen LogP contribution in [0.4, 0.5) is 10.6 Å². The third-order valence-electron chi connectivity index (χ3n) is 1.57. The van der Waals surface area contributed by atoms with Crippen LogP contribution in [-0.2, 0) is 6.54 Å². The average molecular weight is 166 g/mol. The molecule has 0 fully saturated rings. The molecule has 0 bridgehead atoms. The molecule has 2 amide bonds. The molecule has 1 aromatic heterocycles. The summed E-state index contributed by atoms with van der Waals surface area (Å²) in [6.07, 6.45) is 2.89.